The van der Waals surface area contributed by atoms with Crippen LogP contribution in [0.2, 0.25) is 0 Å². The van der Waals surface area contributed by atoms with Gasteiger partial charge in [0.1, 0.15) is 0 Å². The fourth-order valence-corrected chi connectivity index (χ4v) is 2.55. The molecule has 0 fully saturated rings. The second kappa shape index (κ2) is 5.21. The molecule has 0 aliphatic heterocycles. The molecule has 0 aliphatic carbocycles. The second-order valence-electron chi connectivity index (χ2n) is 4.87. The Morgan fingerprint density at radius 2 is 1.75 bits per heavy atom. The third kappa shape index (κ3) is 2.43. The lowest BCUT2D eigenvalue weighted by molar-refractivity contribution is -0.137. The molecule has 20 heavy (non-hydrogen) atoms. The fourth-order valence-electron chi connectivity index (χ4n) is 2.55. The van der Waals surface area contributed by atoms with Gasteiger partial charge >= 0.3 is 5.97 Å². The first kappa shape index (κ1) is 12.5. The lowest BCUT2D eigenvalue weighted by atomic mass is 9.92. The van der Waals surface area contributed by atoms with E-state index in [-0.39, 0.29) is 12.3 Å². The van der Waals surface area contributed by atoms with E-state index >= 15 is 0 Å². The van der Waals surface area contributed by atoms with Gasteiger partial charge in [-0.15, -0.1) is 0 Å². The van der Waals surface area contributed by atoms with Crippen LogP contribution in [0.4, 0.5) is 0 Å². The van der Waals surface area contributed by atoms with Gasteiger partial charge in [0.2, 0.25) is 0 Å². The highest BCUT2D eigenvalue weighted by Gasteiger charge is 2.19. The summed E-state index contributed by atoms with van der Waals surface area (Å²) in [6, 6.07) is 19.8. The Balaban J connectivity index is 2.06. The molecule has 0 saturated carbocycles. The molecule has 3 aromatic rings. The maximum Gasteiger partial charge on any atom is 0.304 e. The van der Waals surface area contributed by atoms with E-state index in [0.29, 0.717) is 0 Å². The smallest absolute Gasteiger partial charge is 0.304 e. The number of rotatable bonds is 4. The summed E-state index contributed by atoms with van der Waals surface area (Å²) in [7, 11) is 0. The number of nitrogens with one attached hydrogen (secondary N) is 1. The number of aliphatic carboxylic acids is 1. The van der Waals surface area contributed by atoms with E-state index in [9.17, 15) is 4.79 Å². The van der Waals surface area contributed by atoms with Crippen molar-refractivity contribution in [1.82, 2.24) is 4.98 Å². The van der Waals surface area contributed by atoms with Crippen LogP contribution in [-0.2, 0) is 4.79 Å². The SMILES string of the molecule is O=C(O)C[C@@H](c1ccccc1)c1cc2ccccc2[nH]1. The van der Waals surface area contributed by atoms with E-state index in [2.05, 4.69) is 4.98 Å². The topological polar surface area (TPSA) is 53.1 Å². The van der Waals surface area contributed by atoms with Crippen molar-refractivity contribution < 1.29 is 9.90 Å². The first-order valence-corrected chi connectivity index (χ1v) is 6.58. The van der Waals surface area contributed by atoms with Gasteiger partial charge in [-0.05, 0) is 23.1 Å². The van der Waals surface area contributed by atoms with Crippen molar-refractivity contribution >= 4 is 16.9 Å². The molecule has 1 atom stereocenters. The minimum atomic E-state index is -0.794. The highest BCUT2D eigenvalue weighted by Crippen LogP contribution is 2.29. The predicted octanol–water partition coefficient (Wildman–Crippen LogP) is 3.77. The van der Waals surface area contributed by atoms with Crippen LogP contribution in [0.15, 0.2) is 60.7 Å². The highest BCUT2D eigenvalue weighted by molar-refractivity contribution is 5.81. The van der Waals surface area contributed by atoms with Gasteiger partial charge in [-0.25, -0.2) is 0 Å². The van der Waals surface area contributed by atoms with E-state index in [0.717, 1.165) is 22.2 Å². The summed E-state index contributed by atoms with van der Waals surface area (Å²) in [6.45, 7) is 0. The van der Waals surface area contributed by atoms with E-state index in [1.807, 2.05) is 60.7 Å². The number of carboxylic acids is 1. The van der Waals surface area contributed by atoms with Gasteiger partial charge in [0.05, 0.1) is 6.42 Å². The summed E-state index contributed by atoms with van der Waals surface area (Å²) >= 11 is 0. The molecule has 0 bridgehead atoms. The lowest BCUT2D eigenvalue weighted by Gasteiger charge is -2.13. The van der Waals surface area contributed by atoms with Crippen molar-refractivity contribution in [2.24, 2.45) is 0 Å². The van der Waals surface area contributed by atoms with E-state index in [4.69, 9.17) is 5.11 Å². The summed E-state index contributed by atoms with van der Waals surface area (Å²) in [5.74, 6) is -0.946. The molecule has 3 nitrogen and oxygen atoms in total. The van der Waals surface area contributed by atoms with Gasteiger partial charge in [-0.3, -0.25) is 4.79 Å². The Kier molecular flexibility index (Phi) is 3.25. The molecule has 3 rings (SSSR count). The molecule has 0 saturated heterocycles. The predicted molar refractivity (Wildman–Crippen MR) is 78.8 cm³/mol. The van der Waals surface area contributed by atoms with Gasteiger partial charge in [0, 0.05) is 17.1 Å². The molecule has 1 aromatic heterocycles. The minimum Gasteiger partial charge on any atom is -0.481 e. The maximum absolute atomic E-state index is 11.2. The first-order valence-electron chi connectivity index (χ1n) is 6.58. The lowest BCUT2D eigenvalue weighted by Crippen LogP contribution is -2.08. The minimum absolute atomic E-state index is 0.0802. The zero-order chi connectivity index (χ0) is 13.9. The Labute approximate surface area is 116 Å². The number of para-hydroxylation sites is 1. The van der Waals surface area contributed by atoms with Crippen molar-refractivity contribution in [3.05, 3.63) is 71.9 Å². The summed E-state index contributed by atoms with van der Waals surface area (Å²) in [5, 5.41) is 10.3. The van der Waals surface area contributed by atoms with Gasteiger partial charge in [-0.2, -0.15) is 0 Å². The van der Waals surface area contributed by atoms with Crippen molar-refractivity contribution in [1.29, 1.82) is 0 Å². The largest absolute Gasteiger partial charge is 0.481 e. The Bertz CT molecular complexity index is 698. The molecular weight excluding hydrogens is 250 g/mol. The van der Waals surface area contributed by atoms with Crippen molar-refractivity contribution in [3.63, 3.8) is 0 Å². The van der Waals surface area contributed by atoms with Crippen LogP contribution in [0.5, 0.6) is 0 Å². The Morgan fingerprint density at radius 3 is 2.45 bits per heavy atom. The maximum atomic E-state index is 11.2. The van der Waals surface area contributed by atoms with Crippen LogP contribution in [-0.4, -0.2) is 16.1 Å². The van der Waals surface area contributed by atoms with Crippen molar-refractivity contribution in [2.45, 2.75) is 12.3 Å². The quantitative estimate of drug-likeness (QED) is 0.754. The van der Waals surface area contributed by atoms with Gasteiger partial charge in [-0.1, -0.05) is 48.5 Å². The van der Waals surface area contributed by atoms with E-state index in [1.54, 1.807) is 0 Å². The van der Waals surface area contributed by atoms with Crippen molar-refractivity contribution in [2.75, 3.05) is 0 Å². The van der Waals surface area contributed by atoms with Crippen LogP contribution >= 0.6 is 0 Å². The average Bonchev–Trinajstić information content (AvgIpc) is 2.89. The fraction of sp³-hybridized carbons (Fsp3) is 0.118. The molecule has 0 amide bonds. The Hall–Kier alpha value is -2.55. The van der Waals surface area contributed by atoms with E-state index in [1.165, 1.54) is 0 Å². The third-order valence-electron chi connectivity index (χ3n) is 3.51. The number of benzene rings is 2. The summed E-state index contributed by atoms with van der Waals surface area (Å²) in [4.78, 5) is 14.5. The second-order valence-corrected chi connectivity index (χ2v) is 4.87. The van der Waals surface area contributed by atoms with Gasteiger partial charge < -0.3 is 10.1 Å². The van der Waals surface area contributed by atoms with Gasteiger partial charge in [0.15, 0.2) is 0 Å². The number of hydrogen-bond donors (Lipinski definition) is 2. The molecule has 0 spiro atoms. The van der Waals surface area contributed by atoms with Crippen LogP contribution in [0, 0.1) is 0 Å². The number of fused-ring (bicyclic) bond motifs is 1. The summed E-state index contributed by atoms with van der Waals surface area (Å²) < 4.78 is 0. The number of carboxylic acid groups (broad SMARTS) is 1. The molecule has 2 aromatic carbocycles. The highest BCUT2D eigenvalue weighted by atomic mass is 16.4. The molecule has 1 heterocycles. The van der Waals surface area contributed by atoms with Crippen LogP contribution < -0.4 is 0 Å². The molecule has 2 N–H and O–H groups in total. The summed E-state index contributed by atoms with van der Waals surface area (Å²) in [5.41, 5.74) is 3.00. The number of hydrogen-bond acceptors (Lipinski definition) is 1. The molecular formula is C17H15NO2. The third-order valence-corrected chi connectivity index (χ3v) is 3.51. The number of aromatic nitrogens is 1. The van der Waals surface area contributed by atoms with Crippen LogP contribution in [0.25, 0.3) is 10.9 Å². The standard InChI is InChI=1S/C17H15NO2/c19-17(20)11-14(12-6-2-1-3-7-12)16-10-13-8-4-5-9-15(13)18-16/h1-10,14,18H,11H2,(H,19,20)/t14-/m0/s1. The van der Waals surface area contributed by atoms with Crippen LogP contribution in [0.3, 0.4) is 0 Å². The van der Waals surface area contributed by atoms with Crippen molar-refractivity contribution in [3.8, 4) is 0 Å². The monoisotopic (exact) mass is 265 g/mol. The molecule has 100 valence electrons. The summed E-state index contributed by atoms with van der Waals surface area (Å²) in [6.07, 6.45) is 0.0802. The number of carbonyl (C=O) groups is 1. The Morgan fingerprint density at radius 1 is 1.05 bits per heavy atom. The normalized spacial score (nSPS) is 12.4. The first-order chi connectivity index (χ1) is 9.74. The van der Waals surface area contributed by atoms with Gasteiger partial charge in [0.25, 0.3) is 0 Å². The molecule has 0 aliphatic rings. The van der Waals surface area contributed by atoms with Crippen LogP contribution in [0.1, 0.15) is 23.6 Å². The zero-order valence-electron chi connectivity index (χ0n) is 10.9. The number of aromatic amines is 1. The average molecular weight is 265 g/mol. The zero-order valence-corrected chi connectivity index (χ0v) is 10.9. The van der Waals surface area contributed by atoms with E-state index < -0.39 is 5.97 Å². The molecule has 0 unspecified atom stereocenters. The molecule has 0 radical (unpaired) electrons. The number of H-pyrrole nitrogens is 1. The molecule has 3 heteroatoms.